The molecule has 0 amide bonds. The number of benzene rings is 1. The molecule has 0 saturated heterocycles. The highest BCUT2D eigenvalue weighted by Gasteiger charge is 2.01. The van der Waals surface area contributed by atoms with Gasteiger partial charge in [0.2, 0.25) is 0 Å². The summed E-state index contributed by atoms with van der Waals surface area (Å²) in [5.74, 6) is 0. The molecule has 0 bridgehead atoms. The van der Waals surface area contributed by atoms with Crippen LogP contribution in [0.15, 0.2) is 54.7 Å². The molecule has 2 nitrogen and oxygen atoms in total. The van der Waals surface area contributed by atoms with E-state index in [-0.39, 0.29) is 0 Å². The molecule has 3 aromatic rings. The van der Waals surface area contributed by atoms with Crippen LogP contribution in [0, 0.1) is 6.07 Å². The molecule has 0 aliphatic rings. The second-order valence-electron chi connectivity index (χ2n) is 3.52. The van der Waals surface area contributed by atoms with Gasteiger partial charge in [0.1, 0.15) is 0 Å². The van der Waals surface area contributed by atoms with Gasteiger partial charge in [-0.25, -0.2) is 4.98 Å². The molecule has 3 rings (SSSR count). The Morgan fingerprint density at radius 3 is 2.75 bits per heavy atom. The Bertz CT molecular complexity index is 618. The van der Waals surface area contributed by atoms with Gasteiger partial charge in [-0.05, 0) is 18.2 Å². The van der Waals surface area contributed by atoms with Crippen LogP contribution >= 0.6 is 0 Å². The van der Waals surface area contributed by atoms with Crippen LogP contribution in [-0.4, -0.2) is 9.97 Å². The van der Waals surface area contributed by atoms with Crippen molar-refractivity contribution in [2.75, 3.05) is 0 Å². The van der Waals surface area contributed by atoms with E-state index in [1.807, 2.05) is 48.5 Å². The molecule has 0 aliphatic heterocycles. The molecule has 0 aliphatic carbocycles. The Morgan fingerprint density at radius 1 is 0.875 bits per heavy atom. The first-order chi connectivity index (χ1) is 7.93. The van der Waals surface area contributed by atoms with Crippen molar-refractivity contribution in [3.05, 3.63) is 60.8 Å². The lowest BCUT2D eigenvalue weighted by Gasteiger charge is -2.01. The van der Waals surface area contributed by atoms with Crippen molar-refractivity contribution in [2.45, 2.75) is 0 Å². The van der Waals surface area contributed by atoms with Gasteiger partial charge in [0.15, 0.2) is 0 Å². The van der Waals surface area contributed by atoms with E-state index in [0.717, 1.165) is 22.3 Å². The number of aromatic nitrogens is 2. The van der Waals surface area contributed by atoms with Crippen LogP contribution in [0.2, 0.25) is 0 Å². The molecule has 16 heavy (non-hydrogen) atoms. The van der Waals surface area contributed by atoms with Crippen molar-refractivity contribution in [2.24, 2.45) is 0 Å². The first kappa shape index (κ1) is 9.04. The molecule has 0 atom stereocenters. The van der Waals surface area contributed by atoms with Gasteiger partial charge in [0.05, 0.1) is 16.9 Å². The van der Waals surface area contributed by atoms with E-state index in [2.05, 4.69) is 16.0 Å². The lowest BCUT2D eigenvalue weighted by molar-refractivity contribution is 1.28. The Morgan fingerprint density at radius 2 is 1.88 bits per heavy atom. The Hall–Kier alpha value is -2.22. The highest BCUT2D eigenvalue weighted by molar-refractivity contribution is 5.80. The van der Waals surface area contributed by atoms with Gasteiger partial charge >= 0.3 is 0 Å². The molecular formula is C14H9N2. The molecule has 0 unspecified atom stereocenters. The number of rotatable bonds is 1. The second kappa shape index (κ2) is 3.74. The van der Waals surface area contributed by atoms with Crippen LogP contribution in [0.4, 0.5) is 0 Å². The summed E-state index contributed by atoms with van der Waals surface area (Å²) in [4.78, 5) is 8.81. The highest BCUT2D eigenvalue weighted by atomic mass is 14.8. The summed E-state index contributed by atoms with van der Waals surface area (Å²) in [6.07, 6.45) is 1.77. The SMILES string of the molecule is [c]1cccc2ccc(-c3ccccn3)nc12. The molecule has 0 N–H and O–H groups in total. The number of nitrogens with zero attached hydrogens (tertiary/aromatic N) is 2. The number of hydrogen-bond donors (Lipinski definition) is 0. The van der Waals surface area contributed by atoms with Gasteiger partial charge in [-0.1, -0.05) is 30.3 Å². The molecule has 1 radical (unpaired) electrons. The fourth-order valence-electron chi connectivity index (χ4n) is 1.66. The topological polar surface area (TPSA) is 25.8 Å². The van der Waals surface area contributed by atoms with Gasteiger partial charge < -0.3 is 0 Å². The van der Waals surface area contributed by atoms with Crippen molar-refractivity contribution < 1.29 is 0 Å². The van der Waals surface area contributed by atoms with Crippen molar-refractivity contribution >= 4 is 10.9 Å². The summed E-state index contributed by atoms with van der Waals surface area (Å²) in [7, 11) is 0. The summed E-state index contributed by atoms with van der Waals surface area (Å²) in [6.45, 7) is 0. The fourth-order valence-corrected chi connectivity index (χ4v) is 1.66. The van der Waals surface area contributed by atoms with Gasteiger partial charge in [0.25, 0.3) is 0 Å². The van der Waals surface area contributed by atoms with Gasteiger partial charge in [-0.2, -0.15) is 0 Å². The minimum Gasteiger partial charge on any atom is -0.255 e. The molecular weight excluding hydrogens is 196 g/mol. The van der Waals surface area contributed by atoms with Crippen LogP contribution in [0.25, 0.3) is 22.3 Å². The molecule has 1 aromatic carbocycles. The quantitative estimate of drug-likeness (QED) is 0.610. The standard InChI is InChI=1S/C14H9N2/c1-2-6-12-11(5-1)8-9-14(16-12)13-7-3-4-10-15-13/h1-5,7-10H. The maximum absolute atomic E-state index is 4.53. The summed E-state index contributed by atoms with van der Waals surface area (Å²) in [5.41, 5.74) is 2.66. The van der Waals surface area contributed by atoms with Gasteiger partial charge in [0, 0.05) is 17.6 Å². The highest BCUT2D eigenvalue weighted by Crippen LogP contribution is 2.18. The smallest absolute Gasteiger partial charge is 0.0894 e. The summed E-state index contributed by atoms with van der Waals surface area (Å²) in [5, 5.41) is 1.10. The average molecular weight is 205 g/mol. The monoisotopic (exact) mass is 205 g/mol. The third kappa shape index (κ3) is 1.54. The minimum atomic E-state index is 0.880. The van der Waals surface area contributed by atoms with Gasteiger partial charge in [-0.15, -0.1) is 0 Å². The average Bonchev–Trinajstić information content (AvgIpc) is 2.39. The maximum Gasteiger partial charge on any atom is 0.0894 e. The zero-order valence-electron chi connectivity index (χ0n) is 8.59. The van der Waals surface area contributed by atoms with E-state index in [1.54, 1.807) is 6.20 Å². The number of fused-ring (bicyclic) bond motifs is 1. The van der Waals surface area contributed by atoms with Gasteiger partial charge in [-0.3, -0.25) is 4.98 Å². The van der Waals surface area contributed by atoms with E-state index in [1.165, 1.54) is 0 Å². The van der Waals surface area contributed by atoms with E-state index < -0.39 is 0 Å². The largest absolute Gasteiger partial charge is 0.255 e. The molecule has 2 heterocycles. The first-order valence-corrected chi connectivity index (χ1v) is 5.12. The van der Waals surface area contributed by atoms with Crippen LogP contribution in [0.5, 0.6) is 0 Å². The summed E-state index contributed by atoms with van der Waals surface area (Å²) in [6, 6.07) is 18.8. The number of para-hydroxylation sites is 1. The van der Waals surface area contributed by atoms with Crippen LogP contribution in [0.1, 0.15) is 0 Å². The molecule has 0 saturated carbocycles. The predicted molar refractivity (Wildman–Crippen MR) is 63.8 cm³/mol. The zero-order valence-corrected chi connectivity index (χ0v) is 8.59. The zero-order chi connectivity index (χ0) is 10.8. The van der Waals surface area contributed by atoms with E-state index in [9.17, 15) is 0 Å². The summed E-state index contributed by atoms with van der Waals surface area (Å²) >= 11 is 0. The van der Waals surface area contributed by atoms with Crippen LogP contribution < -0.4 is 0 Å². The van der Waals surface area contributed by atoms with Crippen LogP contribution in [-0.2, 0) is 0 Å². The minimum absolute atomic E-state index is 0.880. The second-order valence-corrected chi connectivity index (χ2v) is 3.52. The normalized spacial score (nSPS) is 10.5. The molecule has 0 spiro atoms. The Kier molecular flexibility index (Phi) is 2.11. The molecule has 2 aromatic heterocycles. The van der Waals surface area contributed by atoms with E-state index in [4.69, 9.17) is 0 Å². The predicted octanol–water partition coefficient (Wildman–Crippen LogP) is 3.10. The number of pyridine rings is 2. The fraction of sp³-hybridized carbons (Fsp3) is 0. The molecule has 0 fully saturated rings. The van der Waals surface area contributed by atoms with Crippen molar-refractivity contribution in [3.8, 4) is 11.4 Å². The van der Waals surface area contributed by atoms with E-state index >= 15 is 0 Å². The Balaban J connectivity index is 2.19. The third-order valence-electron chi connectivity index (χ3n) is 2.45. The van der Waals surface area contributed by atoms with E-state index in [0.29, 0.717) is 0 Å². The molecule has 75 valence electrons. The van der Waals surface area contributed by atoms with Crippen molar-refractivity contribution in [3.63, 3.8) is 0 Å². The summed E-state index contributed by atoms with van der Waals surface area (Å²) < 4.78 is 0. The first-order valence-electron chi connectivity index (χ1n) is 5.12. The Labute approximate surface area is 93.6 Å². The maximum atomic E-state index is 4.53. The number of hydrogen-bond acceptors (Lipinski definition) is 2. The molecule has 2 heteroatoms. The van der Waals surface area contributed by atoms with Crippen molar-refractivity contribution in [1.29, 1.82) is 0 Å². The van der Waals surface area contributed by atoms with Crippen molar-refractivity contribution in [1.82, 2.24) is 9.97 Å². The lowest BCUT2D eigenvalue weighted by atomic mass is 10.2. The lowest BCUT2D eigenvalue weighted by Crippen LogP contribution is -1.87. The third-order valence-corrected chi connectivity index (χ3v) is 2.45. The van der Waals surface area contributed by atoms with Crippen LogP contribution in [0.3, 0.4) is 0 Å².